The molecule has 1 atom stereocenters. The maximum atomic E-state index is 14.0. The number of hydrogen-bond acceptors (Lipinski definition) is 6. The van der Waals surface area contributed by atoms with Crippen molar-refractivity contribution in [1.82, 2.24) is 19.9 Å². The summed E-state index contributed by atoms with van der Waals surface area (Å²) in [7, 11) is 5.86. The molecule has 35 heavy (non-hydrogen) atoms. The predicted molar refractivity (Wildman–Crippen MR) is 138 cm³/mol. The SMILES string of the molecule is COc1cc(-c2cccc(F)c2)cc2c(N3CCCC3CCN(C)C)nc(-c3cccnc3)nc12. The zero-order valence-corrected chi connectivity index (χ0v) is 20.4. The number of rotatable bonds is 7. The van der Waals surface area contributed by atoms with Crippen LogP contribution in [0.15, 0.2) is 60.9 Å². The van der Waals surface area contributed by atoms with Crippen molar-refractivity contribution in [3.05, 3.63) is 66.7 Å². The van der Waals surface area contributed by atoms with Crippen molar-refractivity contribution in [2.75, 3.05) is 39.2 Å². The average Bonchev–Trinajstić information content (AvgIpc) is 3.35. The number of nitrogens with zero attached hydrogens (tertiary/aromatic N) is 5. The van der Waals surface area contributed by atoms with Crippen molar-refractivity contribution in [3.63, 3.8) is 0 Å². The van der Waals surface area contributed by atoms with E-state index in [4.69, 9.17) is 14.7 Å². The molecular formula is C28H30FN5O. The summed E-state index contributed by atoms with van der Waals surface area (Å²) in [6.45, 7) is 1.95. The molecule has 2 aromatic carbocycles. The highest BCUT2D eigenvalue weighted by Crippen LogP contribution is 2.39. The third kappa shape index (κ3) is 4.82. The van der Waals surface area contributed by atoms with Gasteiger partial charge in [-0.15, -0.1) is 0 Å². The molecule has 0 spiro atoms. The third-order valence-corrected chi connectivity index (χ3v) is 6.60. The van der Waals surface area contributed by atoms with Crippen molar-refractivity contribution in [2.24, 2.45) is 0 Å². The van der Waals surface area contributed by atoms with Crippen molar-refractivity contribution in [3.8, 4) is 28.3 Å². The first-order valence-corrected chi connectivity index (χ1v) is 12.0. The molecule has 1 saturated heterocycles. The zero-order chi connectivity index (χ0) is 24.4. The summed E-state index contributed by atoms with van der Waals surface area (Å²) < 4.78 is 19.9. The normalized spacial score (nSPS) is 15.8. The lowest BCUT2D eigenvalue weighted by molar-refractivity contribution is 0.380. The summed E-state index contributed by atoms with van der Waals surface area (Å²) in [5, 5.41) is 0.910. The van der Waals surface area contributed by atoms with Crippen LogP contribution in [0, 0.1) is 5.82 Å². The summed E-state index contributed by atoms with van der Waals surface area (Å²) in [6.07, 6.45) is 6.83. The summed E-state index contributed by atoms with van der Waals surface area (Å²) in [6, 6.07) is 14.9. The van der Waals surface area contributed by atoms with Crippen molar-refractivity contribution in [2.45, 2.75) is 25.3 Å². The van der Waals surface area contributed by atoms with E-state index in [0.29, 0.717) is 17.6 Å². The minimum absolute atomic E-state index is 0.270. The Bertz CT molecular complexity index is 1330. The van der Waals surface area contributed by atoms with E-state index in [1.807, 2.05) is 24.3 Å². The van der Waals surface area contributed by atoms with Crippen LogP contribution < -0.4 is 9.64 Å². The first-order valence-electron chi connectivity index (χ1n) is 12.0. The van der Waals surface area contributed by atoms with Gasteiger partial charge in [-0.25, -0.2) is 14.4 Å². The highest BCUT2D eigenvalue weighted by atomic mass is 19.1. The van der Waals surface area contributed by atoms with E-state index in [9.17, 15) is 4.39 Å². The summed E-state index contributed by atoms with van der Waals surface area (Å²) in [5.41, 5.74) is 3.26. The van der Waals surface area contributed by atoms with Gasteiger partial charge in [-0.2, -0.15) is 0 Å². The van der Waals surface area contributed by atoms with Gasteiger partial charge in [0.1, 0.15) is 22.9 Å². The molecule has 180 valence electrons. The van der Waals surface area contributed by atoms with Crippen LogP contribution >= 0.6 is 0 Å². The highest BCUT2D eigenvalue weighted by molar-refractivity contribution is 5.98. The second kappa shape index (κ2) is 9.96. The van der Waals surface area contributed by atoms with Gasteiger partial charge >= 0.3 is 0 Å². The van der Waals surface area contributed by atoms with Crippen LogP contribution in [-0.4, -0.2) is 60.2 Å². The second-order valence-electron chi connectivity index (χ2n) is 9.28. The van der Waals surface area contributed by atoms with E-state index in [0.717, 1.165) is 65.8 Å². The Labute approximate surface area is 205 Å². The molecule has 4 aromatic rings. The van der Waals surface area contributed by atoms with Crippen LogP contribution in [0.4, 0.5) is 10.2 Å². The van der Waals surface area contributed by atoms with Crippen LogP contribution in [0.2, 0.25) is 0 Å². The Morgan fingerprint density at radius 1 is 1.06 bits per heavy atom. The number of ether oxygens (including phenoxy) is 1. The van der Waals surface area contributed by atoms with Gasteiger partial charge in [-0.3, -0.25) is 4.98 Å². The molecule has 1 unspecified atom stereocenters. The lowest BCUT2D eigenvalue weighted by Crippen LogP contribution is -2.33. The van der Waals surface area contributed by atoms with Crippen LogP contribution in [0.5, 0.6) is 5.75 Å². The van der Waals surface area contributed by atoms with Gasteiger partial charge in [-0.1, -0.05) is 12.1 Å². The maximum absolute atomic E-state index is 14.0. The second-order valence-corrected chi connectivity index (χ2v) is 9.28. The predicted octanol–water partition coefficient (Wildman–Crippen LogP) is 5.43. The largest absolute Gasteiger partial charge is 0.494 e. The molecule has 1 aliphatic heterocycles. The molecule has 0 N–H and O–H groups in total. The van der Waals surface area contributed by atoms with Gasteiger partial charge in [0.05, 0.1) is 7.11 Å². The fourth-order valence-corrected chi connectivity index (χ4v) is 4.84. The van der Waals surface area contributed by atoms with Crippen LogP contribution in [0.1, 0.15) is 19.3 Å². The quantitative estimate of drug-likeness (QED) is 0.358. The number of benzene rings is 2. The smallest absolute Gasteiger partial charge is 0.163 e. The Kier molecular flexibility index (Phi) is 6.59. The van der Waals surface area contributed by atoms with Crippen LogP contribution in [0.3, 0.4) is 0 Å². The topological polar surface area (TPSA) is 54.4 Å². The van der Waals surface area contributed by atoms with Crippen LogP contribution in [0.25, 0.3) is 33.4 Å². The Balaban J connectivity index is 1.72. The van der Waals surface area contributed by atoms with E-state index in [-0.39, 0.29) is 5.82 Å². The third-order valence-electron chi connectivity index (χ3n) is 6.60. The van der Waals surface area contributed by atoms with E-state index >= 15 is 0 Å². The summed E-state index contributed by atoms with van der Waals surface area (Å²) in [5.74, 6) is 1.88. The standard InChI is InChI=1S/C28H30FN5O/c1-33(2)14-11-23-10-6-13-34(23)28-24-16-21(19-7-4-9-22(29)15-19)17-25(35-3)26(24)31-27(32-28)20-8-5-12-30-18-20/h4-5,7-9,12,15-18,23H,6,10-11,13-14H2,1-3H3. The molecule has 0 bridgehead atoms. The first kappa shape index (κ1) is 23.2. The lowest BCUT2D eigenvalue weighted by atomic mass is 10.0. The van der Waals surface area contributed by atoms with Gasteiger partial charge in [-0.05, 0) is 87.4 Å². The van der Waals surface area contributed by atoms with Gasteiger partial charge in [0.2, 0.25) is 0 Å². The monoisotopic (exact) mass is 471 g/mol. The number of anilines is 1. The summed E-state index contributed by atoms with van der Waals surface area (Å²) >= 11 is 0. The Morgan fingerprint density at radius 3 is 2.66 bits per heavy atom. The number of pyridine rings is 1. The number of fused-ring (bicyclic) bond motifs is 1. The van der Waals surface area contributed by atoms with E-state index in [1.165, 1.54) is 6.07 Å². The van der Waals surface area contributed by atoms with Crippen molar-refractivity contribution < 1.29 is 9.13 Å². The molecule has 0 radical (unpaired) electrons. The molecule has 0 aliphatic carbocycles. The molecule has 2 aromatic heterocycles. The average molecular weight is 472 g/mol. The zero-order valence-electron chi connectivity index (χ0n) is 20.4. The molecule has 0 saturated carbocycles. The number of halogens is 1. The molecule has 7 heteroatoms. The molecule has 3 heterocycles. The number of hydrogen-bond donors (Lipinski definition) is 0. The minimum atomic E-state index is -0.270. The molecule has 1 aliphatic rings. The van der Waals surface area contributed by atoms with Crippen molar-refractivity contribution >= 4 is 16.7 Å². The molecule has 6 nitrogen and oxygen atoms in total. The Hall–Kier alpha value is -3.58. The maximum Gasteiger partial charge on any atom is 0.163 e. The van der Waals surface area contributed by atoms with Crippen molar-refractivity contribution in [1.29, 1.82) is 0 Å². The van der Waals surface area contributed by atoms with E-state index in [1.54, 1.807) is 31.6 Å². The molecule has 1 fully saturated rings. The number of aromatic nitrogens is 3. The molecule has 5 rings (SSSR count). The van der Waals surface area contributed by atoms with Gasteiger partial charge in [0, 0.05) is 35.9 Å². The molecular weight excluding hydrogens is 441 g/mol. The highest BCUT2D eigenvalue weighted by Gasteiger charge is 2.29. The fraction of sp³-hybridized carbons (Fsp3) is 0.321. The van der Waals surface area contributed by atoms with E-state index in [2.05, 4.69) is 34.9 Å². The fourth-order valence-electron chi connectivity index (χ4n) is 4.84. The summed E-state index contributed by atoms with van der Waals surface area (Å²) in [4.78, 5) is 18.9. The van der Waals surface area contributed by atoms with E-state index < -0.39 is 0 Å². The van der Waals surface area contributed by atoms with Gasteiger partial charge in [0.25, 0.3) is 0 Å². The number of methoxy groups -OCH3 is 1. The Morgan fingerprint density at radius 2 is 1.91 bits per heavy atom. The minimum Gasteiger partial charge on any atom is -0.494 e. The first-order chi connectivity index (χ1) is 17.0. The van der Waals surface area contributed by atoms with Gasteiger partial charge < -0.3 is 14.5 Å². The lowest BCUT2D eigenvalue weighted by Gasteiger charge is -2.28. The van der Waals surface area contributed by atoms with Gasteiger partial charge in [0.15, 0.2) is 5.82 Å². The van der Waals surface area contributed by atoms with Crippen LogP contribution in [-0.2, 0) is 0 Å². The molecule has 0 amide bonds.